The standard InChI is InChI=1S/C23H26N6OS/c1-4-28-22(18-9-7-8-16(2)14-18)26-27-23(28)31-15-21(30)24-12-13-29-17(3)25-19-10-5-6-11-20(19)29/h5-11,14H,4,12-13,15H2,1-3H3,(H,24,30). The lowest BCUT2D eigenvalue weighted by molar-refractivity contribution is -0.118. The first-order chi connectivity index (χ1) is 15.1. The number of rotatable bonds is 8. The Labute approximate surface area is 185 Å². The SMILES string of the molecule is CCn1c(SCC(=O)NCCn2c(C)nc3ccccc32)nnc1-c1cccc(C)c1. The largest absolute Gasteiger partial charge is 0.354 e. The summed E-state index contributed by atoms with van der Waals surface area (Å²) in [6.07, 6.45) is 0. The average molecular weight is 435 g/mol. The molecule has 0 saturated carbocycles. The van der Waals surface area contributed by atoms with E-state index in [4.69, 9.17) is 0 Å². The topological polar surface area (TPSA) is 77.6 Å². The van der Waals surface area contributed by atoms with Crippen LogP contribution < -0.4 is 5.32 Å². The number of aryl methyl sites for hydroxylation is 2. The predicted octanol–water partition coefficient (Wildman–Crippen LogP) is 3.84. The highest BCUT2D eigenvalue weighted by Crippen LogP contribution is 2.24. The Kier molecular flexibility index (Phi) is 6.36. The van der Waals surface area contributed by atoms with E-state index in [2.05, 4.69) is 57.1 Å². The van der Waals surface area contributed by atoms with E-state index in [1.54, 1.807) is 0 Å². The minimum Gasteiger partial charge on any atom is -0.354 e. The number of carbonyl (C=O) groups excluding carboxylic acids is 1. The minimum absolute atomic E-state index is 0.0187. The number of para-hydroxylation sites is 2. The van der Waals surface area contributed by atoms with Gasteiger partial charge in [0.1, 0.15) is 5.82 Å². The summed E-state index contributed by atoms with van der Waals surface area (Å²) in [5.74, 6) is 2.06. The fourth-order valence-corrected chi connectivity index (χ4v) is 4.48. The number of carbonyl (C=O) groups is 1. The van der Waals surface area contributed by atoms with Gasteiger partial charge >= 0.3 is 0 Å². The van der Waals surface area contributed by atoms with E-state index < -0.39 is 0 Å². The van der Waals surface area contributed by atoms with Crippen molar-refractivity contribution >= 4 is 28.7 Å². The van der Waals surface area contributed by atoms with Crippen molar-refractivity contribution in [2.75, 3.05) is 12.3 Å². The number of nitrogens with one attached hydrogen (secondary N) is 1. The van der Waals surface area contributed by atoms with Crippen LogP contribution in [-0.4, -0.2) is 42.5 Å². The zero-order valence-corrected chi connectivity index (χ0v) is 18.8. The third kappa shape index (κ3) is 4.64. The van der Waals surface area contributed by atoms with E-state index in [9.17, 15) is 4.79 Å². The van der Waals surface area contributed by atoms with Crippen LogP contribution in [0.3, 0.4) is 0 Å². The molecule has 0 aliphatic rings. The van der Waals surface area contributed by atoms with Gasteiger partial charge in [0.15, 0.2) is 11.0 Å². The van der Waals surface area contributed by atoms with Gasteiger partial charge in [-0.05, 0) is 39.0 Å². The lowest BCUT2D eigenvalue weighted by Gasteiger charge is -2.09. The maximum atomic E-state index is 12.4. The summed E-state index contributed by atoms with van der Waals surface area (Å²) in [6, 6.07) is 16.3. The maximum Gasteiger partial charge on any atom is 0.230 e. The number of aromatic nitrogens is 5. The second-order valence-electron chi connectivity index (χ2n) is 7.36. The summed E-state index contributed by atoms with van der Waals surface area (Å²) in [5, 5.41) is 12.4. The molecule has 0 atom stereocenters. The first-order valence-electron chi connectivity index (χ1n) is 10.4. The molecule has 31 heavy (non-hydrogen) atoms. The third-order valence-electron chi connectivity index (χ3n) is 5.14. The van der Waals surface area contributed by atoms with Gasteiger partial charge in [-0.2, -0.15) is 0 Å². The average Bonchev–Trinajstić information content (AvgIpc) is 3.32. The van der Waals surface area contributed by atoms with E-state index in [0.717, 1.165) is 39.9 Å². The number of benzene rings is 2. The number of imidazole rings is 1. The number of fused-ring (bicyclic) bond motifs is 1. The molecule has 0 spiro atoms. The van der Waals surface area contributed by atoms with Crippen LogP contribution in [0.4, 0.5) is 0 Å². The van der Waals surface area contributed by atoms with E-state index in [1.165, 1.54) is 17.3 Å². The van der Waals surface area contributed by atoms with Gasteiger partial charge in [0.05, 0.1) is 16.8 Å². The molecule has 7 nitrogen and oxygen atoms in total. The first-order valence-corrected chi connectivity index (χ1v) is 11.4. The van der Waals surface area contributed by atoms with Crippen LogP contribution in [-0.2, 0) is 17.9 Å². The Hall–Kier alpha value is -3.13. The van der Waals surface area contributed by atoms with Crippen molar-refractivity contribution < 1.29 is 4.79 Å². The molecule has 8 heteroatoms. The highest BCUT2D eigenvalue weighted by molar-refractivity contribution is 7.99. The van der Waals surface area contributed by atoms with Crippen molar-refractivity contribution in [2.24, 2.45) is 0 Å². The zero-order valence-electron chi connectivity index (χ0n) is 18.0. The molecule has 4 aromatic rings. The zero-order chi connectivity index (χ0) is 21.8. The molecule has 0 unspecified atom stereocenters. The molecule has 0 fully saturated rings. The van der Waals surface area contributed by atoms with Gasteiger partial charge in [-0.25, -0.2) is 4.98 Å². The quantitative estimate of drug-likeness (QED) is 0.426. The van der Waals surface area contributed by atoms with E-state index in [0.29, 0.717) is 18.8 Å². The fraction of sp³-hybridized carbons (Fsp3) is 0.304. The third-order valence-corrected chi connectivity index (χ3v) is 6.11. The first kappa shape index (κ1) is 21.1. The highest BCUT2D eigenvalue weighted by atomic mass is 32.2. The Bertz CT molecular complexity index is 1210. The van der Waals surface area contributed by atoms with Gasteiger partial charge in [-0.3, -0.25) is 4.79 Å². The number of nitrogens with zero attached hydrogens (tertiary/aromatic N) is 5. The van der Waals surface area contributed by atoms with Gasteiger partial charge in [-0.15, -0.1) is 10.2 Å². The molecule has 4 rings (SSSR count). The van der Waals surface area contributed by atoms with Crippen molar-refractivity contribution in [1.29, 1.82) is 0 Å². The Balaban J connectivity index is 1.34. The molecule has 2 aromatic carbocycles. The molecular formula is C23H26N6OS. The maximum absolute atomic E-state index is 12.4. The van der Waals surface area contributed by atoms with Crippen molar-refractivity contribution in [3.05, 3.63) is 59.9 Å². The van der Waals surface area contributed by atoms with Gasteiger partial charge < -0.3 is 14.5 Å². The summed E-state index contributed by atoms with van der Waals surface area (Å²) in [5.41, 5.74) is 4.28. The van der Waals surface area contributed by atoms with Gasteiger partial charge in [0, 0.05) is 25.2 Å². The van der Waals surface area contributed by atoms with Crippen LogP contribution in [0.2, 0.25) is 0 Å². The molecule has 0 bridgehead atoms. The molecule has 1 amide bonds. The predicted molar refractivity (Wildman–Crippen MR) is 124 cm³/mol. The van der Waals surface area contributed by atoms with Crippen LogP contribution in [0.1, 0.15) is 18.3 Å². The molecule has 2 heterocycles. The molecular weight excluding hydrogens is 408 g/mol. The van der Waals surface area contributed by atoms with E-state index >= 15 is 0 Å². The lowest BCUT2D eigenvalue weighted by atomic mass is 10.1. The molecule has 0 aliphatic heterocycles. The van der Waals surface area contributed by atoms with Crippen molar-refractivity contribution in [1.82, 2.24) is 29.6 Å². The van der Waals surface area contributed by atoms with Crippen molar-refractivity contribution in [3.63, 3.8) is 0 Å². The van der Waals surface area contributed by atoms with Crippen LogP contribution in [0, 0.1) is 13.8 Å². The second kappa shape index (κ2) is 9.34. The molecule has 160 valence electrons. The molecule has 1 N–H and O–H groups in total. The molecule has 2 aromatic heterocycles. The van der Waals surface area contributed by atoms with Crippen molar-refractivity contribution in [2.45, 2.75) is 39.0 Å². The summed E-state index contributed by atoms with van der Waals surface area (Å²) in [4.78, 5) is 17.0. The van der Waals surface area contributed by atoms with Crippen molar-refractivity contribution in [3.8, 4) is 11.4 Å². The van der Waals surface area contributed by atoms with Crippen LogP contribution in [0.5, 0.6) is 0 Å². The van der Waals surface area contributed by atoms with Crippen LogP contribution >= 0.6 is 11.8 Å². The fourth-order valence-electron chi connectivity index (χ4n) is 3.64. The lowest BCUT2D eigenvalue weighted by Crippen LogP contribution is -2.29. The number of thioether (sulfide) groups is 1. The summed E-state index contributed by atoms with van der Waals surface area (Å²) >= 11 is 1.41. The summed E-state index contributed by atoms with van der Waals surface area (Å²) < 4.78 is 4.18. The van der Waals surface area contributed by atoms with E-state index in [-0.39, 0.29) is 5.91 Å². The summed E-state index contributed by atoms with van der Waals surface area (Å²) in [7, 11) is 0. The molecule has 0 saturated heterocycles. The minimum atomic E-state index is -0.0187. The highest BCUT2D eigenvalue weighted by Gasteiger charge is 2.15. The van der Waals surface area contributed by atoms with Gasteiger partial charge in [0.25, 0.3) is 0 Å². The molecule has 0 radical (unpaired) electrons. The monoisotopic (exact) mass is 434 g/mol. The van der Waals surface area contributed by atoms with Crippen LogP contribution in [0.25, 0.3) is 22.4 Å². The smallest absolute Gasteiger partial charge is 0.230 e. The Morgan fingerprint density at radius 2 is 1.90 bits per heavy atom. The van der Waals surface area contributed by atoms with Gasteiger partial charge in [0.2, 0.25) is 5.91 Å². The normalized spacial score (nSPS) is 11.2. The van der Waals surface area contributed by atoms with E-state index in [1.807, 2.05) is 41.8 Å². The Morgan fingerprint density at radius 1 is 1.06 bits per heavy atom. The van der Waals surface area contributed by atoms with Gasteiger partial charge in [-0.1, -0.05) is 47.7 Å². The van der Waals surface area contributed by atoms with Crippen LogP contribution in [0.15, 0.2) is 53.7 Å². The summed E-state index contributed by atoms with van der Waals surface area (Å²) in [6.45, 7) is 8.09. The number of hydrogen-bond acceptors (Lipinski definition) is 5. The number of amides is 1. The Morgan fingerprint density at radius 3 is 2.71 bits per heavy atom. The molecule has 0 aliphatic carbocycles. The number of hydrogen-bond donors (Lipinski definition) is 1. The second-order valence-corrected chi connectivity index (χ2v) is 8.30.